The van der Waals surface area contributed by atoms with Crippen LogP contribution in [0.1, 0.15) is 59.2 Å². The molecule has 0 aromatic heterocycles. The third-order valence-electron chi connectivity index (χ3n) is 6.98. The predicted octanol–water partition coefficient (Wildman–Crippen LogP) is 4.74. The van der Waals surface area contributed by atoms with Gasteiger partial charge in [-0.1, -0.05) is 30.3 Å². The van der Waals surface area contributed by atoms with Gasteiger partial charge in [-0.3, -0.25) is 4.79 Å². The van der Waals surface area contributed by atoms with Gasteiger partial charge in [-0.15, -0.1) is 0 Å². The van der Waals surface area contributed by atoms with E-state index in [0.29, 0.717) is 17.8 Å². The normalized spacial score (nSPS) is 28.1. The first kappa shape index (κ1) is 19.8. The van der Waals surface area contributed by atoms with E-state index >= 15 is 0 Å². The molecule has 0 unspecified atom stereocenters. The van der Waals surface area contributed by atoms with Crippen molar-refractivity contribution in [2.45, 2.75) is 38.5 Å². The molecular weight excluding hydrogens is 396 g/mol. The number of carbonyl (C=O) groups excluding carboxylic acids is 3. The number of hydrogen-bond donors (Lipinski definition) is 0. The highest BCUT2D eigenvalue weighted by molar-refractivity contribution is 5.95. The van der Waals surface area contributed by atoms with Gasteiger partial charge >= 0.3 is 17.9 Å². The van der Waals surface area contributed by atoms with Crippen LogP contribution >= 0.6 is 0 Å². The zero-order valence-corrected chi connectivity index (χ0v) is 17.1. The Balaban J connectivity index is 1.28. The second-order valence-electron chi connectivity index (χ2n) is 9.19. The van der Waals surface area contributed by atoms with Crippen LogP contribution in [0.25, 0.3) is 0 Å². The second-order valence-corrected chi connectivity index (χ2v) is 9.19. The number of rotatable bonds is 4. The van der Waals surface area contributed by atoms with Crippen LogP contribution in [-0.4, -0.2) is 17.9 Å². The molecule has 6 rings (SSSR count). The summed E-state index contributed by atoms with van der Waals surface area (Å²) in [5, 5.41) is 0. The molecule has 0 aliphatic heterocycles. The van der Waals surface area contributed by atoms with Crippen molar-refractivity contribution in [2.24, 2.45) is 23.2 Å². The average molecular weight is 420 g/mol. The van der Waals surface area contributed by atoms with Gasteiger partial charge in [-0.25, -0.2) is 19.4 Å². The Kier molecular flexibility index (Phi) is 5.00. The minimum atomic E-state index is -0.891. The van der Waals surface area contributed by atoms with E-state index in [4.69, 9.17) is 9.62 Å². The fourth-order valence-corrected chi connectivity index (χ4v) is 6.04. The van der Waals surface area contributed by atoms with Crippen LogP contribution in [0.3, 0.4) is 0 Å². The molecule has 6 heteroatoms. The lowest BCUT2D eigenvalue weighted by Gasteiger charge is -2.55. The first-order chi connectivity index (χ1) is 15.0. The molecule has 0 heterocycles. The second kappa shape index (κ2) is 7.84. The van der Waals surface area contributed by atoms with Crippen molar-refractivity contribution in [1.82, 2.24) is 0 Å². The molecule has 2 aromatic carbocycles. The van der Waals surface area contributed by atoms with Crippen molar-refractivity contribution < 1.29 is 28.9 Å². The Morgan fingerprint density at radius 2 is 1.26 bits per heavy atom. The Morgan fingerprint density at radius 1 is 0.710 bits per heavy atom. The predicted molar refractivity (Wildman–Crippen MR) is 110 cm³/mol. The lowest BCUT2D eigenvalue weighted by molar-refractivity contribution is -0.187. The first-order valence-corrected chi connectivity index (χ1v) is 10.8. The SMILES string of the molecule is O=C(OOC(=O)c1ccccc1OC(=O)C12CC3CC(CC(C3)C1)C2)c1ccccc1. The summed E-state index contributed by atoms with van der Waals surface area (Å²) in [5.74, 6) is 0.0246. The van der Waals surface area contributed by atoms with Crippen molar-refractivity contribution in [3.05, 3.63) is 65.7 Å². The number of para-hydroxylation sites is 1. The van der Waals surface area contributed by atoms with Crippen LogP contribution in [0.4, 0.5) is 0 Å². The van der Waals surface area contributed by atoms with Gasteiger partial charge in [0.25, 0.3) is 0 Å². The summed E-state index contributed by atoms with van der Waals surface area (Å²) in [6, 6.07) is 14.6. The maximum absolute atomic E-state index is 13.2. The van der Waals surface area contributed by atoms with Crippen molar-refractivity contribution in [1.29, 1.82) is 0 Å². The van der Waals surface area contributed by atoms with Gasteiger partial charge < -0.3 is 4.74 Å². The first-order valence-electron chi connectivity index (χ1n) is 10.8. The lowest BCUT2D eigenvalue weighted by Crippen LogP contribution is -2.51. The van der Waals surface area contributed by atoms with Crippen LogP contribution in [0.2, 0.25) is 0 Å². The Bertz CT molecular complexity index is 976. The molecule has 0 atom stereocenters. The summed E-state index contributed by atoms with van der Waals surface area (Å²) in [4.78, 5) is 47.2. The topological polar surface area (TPSA) is 78.9 Å². The monoisotopic (exact) mass is 420 g/mol. The van der Waals surface area contributed by atoms with Crippen molar-refractivity contribution in [3.63, 3.8) is 0 Å². The van der Waals surface area contributed by atoms with E-state index < -0.39 is 17.4 Å². The molecule has 6 nitrogen and oxygen atoms in total. The van der Waals surface area contributed by atoms with Crippen molar-refractivity contribution in [2.75, 3.05) is 0 Å². The Labute approximate surface area is 180 Å². The van der Waals surface area contributed by atoms with Gasteiger partial charge in [-0.2, -0.15) is 0 Å². The fourth-order valence-electron chi connectivity index (χ4n) is 6.04. The molecule has 4 bridgehead atoms. The van der Waals surface area contributed by atoms with Crippen molar-refractivity contribution >= 4 is 17.9 Å². The summed E-state index contributed by atoms with van der Waals surface area (Å²) in [7, 11) is 0. The molecule has 160 valence electrons. The number of carbonyl (C=O) groups is 3. The Morgan fingerprint density at radius 3 is 1.90 bits per heavy atom. The zero-order chi connectivity index (χ0) is 21.4. The number of ether oxygens (including phenoxy) is 1. The highest BCUT2D eigenvalue weighted by Crippen LogP contribution is 2.60. The molecule has 0 saturated heterocycles. The highest BCUT2D eigenvalue weighted by atomic mass is 17.2. The molecule has 4 saturated carbocycles. The molecule has 2 aromatic rings. The van der Waals surface area contributed by atoms with Crippen LogP contribution in [-0.2, 0) is 14.6 Å². The third kappa shape index (κ3) is 3.82. The van der Waals surface area contributed by atoms with Gasteiger partial charge in [0.15, 0.2) is 0 Å². The van der Waals surface area contributed by atoms with E-state index in [0.717, 1.165) is 19.3 Å². The minimum absolute atomic E-state index is 0.0430. The van der Waals surface area contributed by atoms with Gasteiger partial charge in [0, 0.05) is 0 Å². The quantitative estimate of drug-likeness (QED) is 0.308. The van der Waals surface area contributed by atoms with Gasteiger partial charge in [-0.05, 0) is 80.5 Å². The molecule has 0 spiro atoms. The smallest absolute Gasteiger partial charge is 0.390 e. The summed E-state index contributed by atoms with van der Waals surface area (Å²) in [6.45, 7) is 0. The summed E-state index contributed by atoms with van der Waals surface area (Å²) in [6.07, 6.45) is 6.30. The molecule has 0 amide bonds. The summed E-state index contributed by atoms with van der Waals surface area (Å²) in [5.41, 5.74) is -0.135. The maximum Gasteiger partial charge on any atom is 0.390 e. The number of esters is 1. The average Bonchev–Trinajstić information content (AvgIpc) is 2.77. The number of benzene rings is 2. The molecule has 4 aliphatic rings. The standard InChI is InChI=1S/C25H24O6/c26-22(19-6-2-1-3-7-19)30-31-23(27)20-8-4-5-9-21(20)29-24(28)25-13-16-10-17(14-25)12-18(11-16)15-25/h1-9,16-18H,10-15H2. The van der Waals surface area contributed by atoms with E-state index in [-0.39, 0.29) is 22.8 Å². The largest absolute Gasteiger partial charge is 0.425 e. The van der Waals surface area contributed by atoms with Gasteiger partial charge in [0.05, 0.1) is 11.0 Å². The van der Waals surface area contributed by atoms with Gasteiger partial charge in [0.1, 0.15) is 11.3 Å². The zero-order valence-electron chi connectivity index (χ0n) is 17.1. The molecule has 31 heavy (non-hydrogen) atoms. The van der Waals surface area contributed by atoms with E-state index in [9.17, 15) is 14.4 Å². The van der Waals surface area contributed by atoms with Crippen LogP contribution in [0.15, 0.2) is 54.6 Å². The Hall–Kier alpha value is -3.15. The molecule has 4 fully saturated rings. The molecule has 0 radical (unpaired) electrons. The van der Waals surface area contributed by atoms with E-state index in [2.05, 4.69) is 4.89 Å². The maximum atomic E-state index is 13.2. The summed E-state index contributed by atoms with van der Waals surface area (Å²) < 4.78 is 5.76. The van der Waals surface area contributed by atoms with Crippen LogP contribution in [0.5, 0.6) is 5.75 Å². The fraction of sp³-hybridized carbons (Fsp3) is 0.400. The van der Waals surface area contributed by atoms with E-state index in [1.54, 1.807) is 48.5 Å². The third-order valence-corrected chi connectivity index (χ3v) is 6.98. The minimum Gasteiger partial charge on any atom is -0.425 e. The molecular formula is C25H24O6. The van der Waals surface area contributed by atoms with E-state index in [1.807, 2.05) is 0 Å². The molecule has 0 N–H and O–H groups in total. The van der Waals surface area contributed by atoms with Gasteiger partial charge in [0.2, 0.25) is 0 Å². The highest BCUT2D eigenvalue weighted by Gasteiger charge is 2.55. The molecule has 4 aliphatic carbocycles. The lowest BCUT2D eigenvalue weighted by atomic mass is 9.49. The van der Waals surface area contributed by atoms with Crippen molar-refractivity contribution in [3.8, 4) is 5.75 Å². The number of hydrogen-bond acceptors (Lipinski definition) is 6. The van der Waals surface area contributed by atoms with E-state index in [1.165, 1.54) is 25.3 Å². The van der Waals surface area contributed by atoms with Crippen LogP contribution < -0.4 is 4.74 Å². The van der Waals surface area contributed by atoms with Crippen LogP contribution in [0, 0.1) is 23.2 Å². The summed E-state index contributed by atoms with van der Waals surface area (Å²) >= 11 is 0.